The number of nitrogens with zero attached hydrogens (tertiary/aromatic N) is 1. The van der Waals surface area contributed by atoms with Crippen LogP contribution in [-0.2, 0) is 4.74 Å². The van der Waals surface area contributed by atoms with Crippen LogP contribution in [0.1, 0.15) is 15.9 Å². The first-order chi connectivity index (χ1) is 7.29. The summed E-state index contributed by atoms with van der Waals surface area (Å²) in [4.78, 5) is 11.5. The number of amides is 1. The Balaban J connectivity index is 1.95. The molecule has 0 aliphatic carbocycles. The van der Waals surface area contributed by atoms with E-state index < -0.39 is 0 Å². The Morgan fingerprint density at radius 3 is 2.73 bits per heavy atom. The Kier molecular flexibility index (Phi) is 2.66. The molecular weight excluding hydrogens is 192 g/mol. The second-order valence-corrected chi connectivity index (χ2v) is 3.35. The van der Waals surface area contributed by atoms with Gasteiger partial charge in [0.15, 0.2) is 0 Å². The fraction of sp³-hybridized carbons (Fsp3) is 0.273. The maximum Gasteiger partial charge on any atom is 0.251 e. The second kappa shape index (κ2) is 4.11. The Morgan fingerprint density at radius 1 is 1.53 bits per heavy atom. The highest BCUT2D eigenvalue weighted by Crippen LogP contribution is 2.07. The molecule has 1 aliphatic heterocycles. The van der Waals surface area contributed by atoms with Gasteiger partial charge in [-0.15, -0.1) is 0 Å². The van der Waals surface area contributed by atoms with E-state index in [4.69, 9.17) is 10.00 Å². The summed E-state index contributed by atoms with van der Waals surface area (Å²) >= 11 is 0. The highest BCUT2D eigenvalue weighted by atomic mass is 16.6. The first-order valence-corrected chi connectivity index (χ1v) is 4.69. The molecule has 76 valence electrons. The summed E-state index contributed by atoms with van der Waals surface area (Å²) in [5, 5.41) is 11.3. The lowest BCUT2D eigenvalue weighted by Gasteiger charge is -2.02. The number of rotatable bonds is 3. The fourth-order valence-electron chi connectivity index (χ4n) is 1.19. The average molecular weight is 202 g/mol. The van der Waals surface area contributed by atoms with Crippen molar-refractivity contribution >= 4 is 5.91 Å². The van der Waals surface area contributed by atoms with Crippen LogP contribution in [0.25, 0.3) is 0 Å². The molecule has 2 rings (SSSR count). The summed E-state index contributed by atoms with van der Waals surface area (Å²) in [7, 11) is 0. The lowest BCUT2D eigenvalue weighted by molar-refractivity contribution is 0.0950. The quantitative estimate of drug-likeness (QED) is 0.733. The zero-order valence-electron chi connectivity index (χ0n) is 8.06. The summed E-state index contributed by atoms with van der Waals surface area (Å²) in [6.07, 6.45) is 0.187. The van der Waals surface area contributed by atoms with Gasteiger partial charge >= 0.3 is 0 Å². The highest BCUT2D eigenvalue weighted by Gasteiger charge is 2.22. The number of carbonyl (C=O) groups is 1. The van der Waals surface area contributed by atoms with Crippen molar-refractivity contribution in [3.8, 4) is 6.07 Å². The Labute approximate surface area is 87.5 Å². The summed E-state index contributed by atoms with van der Waals surface area (Å²) in [5.41, 5.74) is 1.12. The van der Waals surface area contributed by atoms with Gasteiger partial charge in [-0.2, -0.15) is 5.26 Å². The molecule has 0 radical (unpaired) electrons. The predicted octanol–water partition coefficient (Wildman–Crippen LogP) is 0.687. The smallest absolute Gasteiger partial charge is 0.251 e. The molecule has 4 nitrogen and oxygen atoms in total. The van der Waals surface area contributed by atoms with Crippen LogP contribution in [0.4, 0.5) is 0 Å². The van der Waals surface area contributed by atoms with Crippen molar-refractivity contribution in [3.63, 3.8) is 0 Å². The van der Waals surface area contributed by atoms with E-state index in [-0.39, 0.29) is 12.0 Å². The van der Waals surface area contributed by atoms with Gasteiger partial charge in [0.25, 0.3) is 5.91 Å². The molecule has 0 spiro atoms. The number of nitrogens with one attached hydrogen (secondary N) is 1. The van der Waals surface area contributed by atoms with Gasteiger partial charge in [-0.05, 0) is 24.3 Å². The van der Waals surface area contributed by atoms with Crippen molar-refractivity contribution in [2.24, 2.45) is 0 Å². The molecule has 1 saturated heterocycles. The minimum Gasteiger partial charge on any atom is -0.371 e. The minimum absolute atomic E-state index is 0.130. The molecule has 1 aliphatic rings. The normalized spacial score (nSPS) is 17.9. The lowest BCUT2D eigenvalue weighted by atomic mass is 10.1. The molecule has 1 aromatic rings. The van der Waals surface area contributed by atoms with E-state index in [1.807, 2.05) is 6.07 Å². The van der Waals surface area contributed by atoms with Gasteiger partial charge in [-0.3, -0.25) is 4.79 Å². The van der Waals surface area contributed by atoms with Gasteiger partial charge in [0, 0.05) is 12.1 Å². The van der Waals surface area contributed by atoms with Crippen molar-refractivity contribution < 1.29 is 9.53 Å². The van der Waals surface area contributed by atoms with E-state index in [9.17, 15) is 4.79 Å². The number of ether oxygens (including phenoxy) is 1. The van der Waals surface area contributed by atoms with E-state index in [0.29, 0.717) is 17.7 Å². The molecule has 1 atom stereocenters. The van der Waals surface area contributed by atoms with Gasteiger partial charge in [0.1, 0.15) is 0 Å². The van der Waals surface area contributed by atoms with Gasteiger partial charge in [0.05, 0.1) is 24.3 Å². The van der Waals surface area contributed by atoms with E-state index >= 15 is 0 Å². The fourth-order valence-corrected chi connectivity index (χ4v) is 1.19. The van der Waals surface area contributed by atoms with Crippen molar-refractivity contribution in [1.82, 2.24) is 5.32 Å². The van der Waals surface area contributed by atoms with Crippen LogP contribution in [0.5, 0.6) is 0 Å². The number of carbonyl (C=O) groups excluding carboxylic acids is 1. The van der Waals surface area contributed by atoms with E-state index in [1.165, 1.54) is 0 Å². The largest absolute Gasteiger partial charge is 0.371 e. The molecule has 4 heteroatoms. The molecule has 1 amide bonds. The minimum atomic E-state index is -0.130. The molecule has 1 N–H and O–H groups in total. The van der Waals surface area contributed by atoms with Crippen molar-refractivity contribution in [3.05, 3.63) is 35.4 Å². The molecule has 0 saturated carbocycles. The van der Waals surface area contributed by atoms with Crippen LogP contribution in [0.3, 0.4) is 0 Å². The average Bonchev–Trinajstić information content (AvgIpc) is 3.10. The third-order valence-corrected chi connectivity index (χ3v) is 2.17. The van der Waals surface area contributed by atoms with Gasteiger partial charge in [-0.25, -0.2) is 0 Å². The summed E-state index contributed by atoms with van der Waals surface area (Å²) in [6.45, 7) is 1.28. The van der Waals surface area contributed by atoms with Crippen molar-refractivity contribution in [1.29, 1.82) is 5.26 Å². The molecule has 1 aromatic carbocycles. The second-order valence-electron chi connectivity index (χ2n) is 3.35. The van der Waals surface area contributed by atoms with E-state index in [1.54, 1.807) is 24.3 Å². The van der Waals surface area contributed by atoms with E-state index in [2.05, 4.69) is 5.32 Å². The highest BCUT2D eigenvalue weighted by molar-refractivity contribution is 5.94. The van der Waals surface area contributed by atoms with Crippen LogP contribution in [0.2, 0.25) is 0 Å². The van der Waals surface area contributed by atoms with Crippen LogP contribution < -0.4 is 5.32 Å². The third-order valence-electron chi connectivity index (χ3n) is 2.17. The topological polar surface area (TPSA) is 65.4 Å². The SMILES string of the molecule is N#Cc1ccc(C(=O)NCC2CO2)cc1. The molecule has 1 unspecified atom stereocenters. The summed E-state index contributed by atoms with van der Waals surface area (Å²) < 4.78 is 4.97. The standard InChI is InChI=1S/C11H10N2O2/c12-5-8-1-3-9(4-2-8)11(14)13-6-10-7-15-10/h1-4,10H,6-7H2,(H,13,14). The van der Waals surface area contributed by atoms with Crippen LogP contribution in [0, 0.1) is 11.3 Å². The molecule has 0 aromatic heterocycles. The van der Waals surface area contributed by atoms with Gasteiger partial charge < -0.3 is 10.1 Å². The van der Waals surface area contributed by atoms with Crippen LogP contribution >= 0.6 is 0 Å². The van der Waals surface area contributed by atoms with Crippen molar-refractivity contribution in [2.75, 3.05) is 13.2 Å². The molecule has 1 fully saturated rings. The first-order valence-electron chi connectivity index (χ1n) is 4.69. The number of benzene rings is 1. The molecule has 0 bridgehead atoms. The molecule has 15 heavy (non-hydrogen) atoms. The third kappa shape index (κ3) is 2.55. The number of epoxide rings is 1. The Bertz CT molecular complexity index is 402. The molecule has 1 heterocycles. The Hall–Kier alpha value is -1.86. The predicted molar refractivity (Wildman–Crippen MR) is 53.2 cm³/mol. The maximum atomic E-state index is 11.5. The van der Waals surface area contributed by atoms with E-state index in [0.717, 1.165) is 6.61 Å². The summed E-state index contributed by atoms with van der Waals surface area (Å²) in [5.74, 6) is -0.130. The van der Waals surface area contributed by atoms with Gasteiger partial charge in [0.2, 0.25) is 0 Å². The van der Waals surface area contributed by atoms with Crippen LogP contribution in [-0.4, -0.2) is 25.2 Å². The Morgan fingerprint density at radius 2 is 2.20 bits per heavy atom. The number of hydrogen-bond acceptors (Lipinski definition) is 3. The zero-order valence-corrected chi connectivity index (χ0v) is 8.06. The monoisotopic (exact) mass is 202 g/mol. The number of hydrogen-bond donors (Lipinski definition) is 1. The number of nitriles is 1. The lowest BCUT2D eigenvalue weighted by Crippen LogP contribution is -2.27. The molecular formula is C11H10N2O2. The summed E-state index contributed by atoms with van der Waals surface area (Å²) in [6, 6.07) is 8.54. The maximum absolute atomic E-state index is 11.5. The van der Waals surface area contributed by atoms with Gasteiger partial charge in [-0.1, -0.05) is 0 Å². The first kappa shape index (κ1) is 9.69. The van der Waals surface area contributed by atoms with Crippen molar-refractivity contribution in [2.45, 2.75) is 6.10 Å². The van der Waals surface area contributed by atoms with Crippen LogP contribution in [0.15, 0.2) is 24.3 Å². The zero-order chi connectivity index (χ0) is 10.7.